The summed E-state index contributed by atoms with van der Waals surface area (Å²) in [6, 6.07) is 4.92. The van der Waals surface area contributed by atoms with Crippen LogP contribution in [0, 0.1) is 12.7 Å². The van der Waals surface area contributed by atoms with E-state index in [9.17, 15) is 18.0 Å². The van der Waals surface area contributed by atoms with Gasteiger partial charge in [0.05, 0.1) is 30.0 Å². The summed E-state index contributed by atoms with van der Waals surface area (Å²) in [7, 11) is 1.52. The molecule has 5 aromatic rings. The average Bonchev–Trinajstić information content (AvgIpc) is 3.77. The normalized spacial score (nSPS) is 19.2. The first-order chi connectivity index (χ1) is 21.6. The van der Waals surface area contributed by atoms with Gasteiger partial charge in [-0.1, -0.05) is 6.07 Å². The van der Waals surface area contributed by atoms with Crippen LogP contribution in [0.3, 0.4) is 0 Å². The number of aromatic nitrogens is 9. The molecule has 0 radical (unpaired) electrons. The highest BCUT2D eigenvalue weighted by Gasteiger charge is 2.43. The lowest BCUT2D eigenvalue weighted by atomic mass is 9.77. The minimum Gasteiger partial charge on any atom is -0.368 e. The van der Waals surface area contributed by atoms with E-state index in [1.807, 2.05) is 13.8 Å². The number of halogens is 3. The molecule has 0 aliphatic heterocycles. The summed E-state index contributed by atoms with van der Waals surface area (Å²) in [5, 5.41) is 21.8. The second-order valence-corrected chi connectivity index (χ2v) is 11.2. The highest BCUT2D eigenvalue weighted by molar-refractivity contribution is 5.88. The van der Waals surface area contributed by atoms with Gasteiger partial charge in [-0.2, -0.15) is 15.3 Å². The Morgan fingerprint density at radius 2 is 1.98 bits per heavy atom. The van der Waals surface area contributed by atoms with E-state index in [2.05, 4.69) is 41.0 Å². The maximum atomic E-state index is 13.6. The first-order valence-corrected chi connectivity index (χ1v) is 14.5. The Bertz CT molecular complexity index is 1790. The van der Waals surface area contributed by atoms with E-state index in [1.54, 1.807) is 24.4 Å². The third kappa shape index (κ3) is 6.22. The molecule has 236 valence electrons. The quantitative estimate of drug-likeness (QED) is 0.204. The van der Waals surface area contributed by atoms with Gasteiger partial charge in [0.15, 0.2) is 23.1 Å². The number of ether oxygens (including phenoxy) is 1. The minimum atomic E-state index is -2.61. The number of nitrogens with one attached hydrogen (secondary N) is 3. The number of aryl methyl sites for hydroxylation is 1. The third-order valence-corrected chi connectivity index (χ3v) is 8.14. The molecule has 6 rings (SSSR count). The van der Waals surface area contributed by atoms with Crippen molar-refractivity contribution in [1.82, 2.24) is 50.0 Å². The molecule has 1 saturated carbocycles. The maximum Gasteiger partial charge on any atom is 0.258 e. The fourth-order valence-corrected chi connectivity index (χ4v) is 5.61. The monoisotopic (exact) mass is 623 g/mol. The zero-order valence-electron chi connectivity index (χ0n) is 24.8. The molecule has 1 atom stereocenters. The van der Waals surface area contributed by atoms with Gasteiger partial charge in [-0.3, -0.25) is 9.89 Å². The Morgan fingerprint density at radius 1 is 1.18 bits per heavy atom. The number of hydrogen-bond donors (Lipinski definition) is 3. The predicted octanol–water partition coefficient (Wildman–Crippen LogP) is 4.51. The molecular weight excluding hydrogens is 591 g/mol. The topological polar surface area (TPSA) is 153 Å². The summed E-state index contributed by atoms with van der Waals surface area (Å²) in [4.78, 5) is 27.3. The smallest absolute Gasteiger partial charge is 0.258 e. The Labute approximate surface area is 255 Å². The molecule has 16 heteroatoms. The number of fused-ring (bicyclic) bond motifs is 1. The molecule has 45 heavy (non-hydrogen) atoms. The number of H-pyrrole nitrogens is 1. The van der Waals surface area contributed by atoms with Gasteiger partial charge >= 0.3 is 0 Å². The minimum absolute atomic E-state index is 0.150. The molecule has 1 fully saturated rings. The zero-order valence-corrected chi connectivity index (χ0v) is 24.8. The van der Waals surface area contributed by atoms with Crippen LogP contribution in [0.2, 0.25) is 0 Å². The first-order valence-electron chi connectivity index (χ1n) is 14.5. The van der Waals surface area contributed by atoms with Crippen molar-refractivity contribution in [3.63, 3.8) is 0 Å². The molecule has 1 aliphatic carbocycles. The number of alkyl halides is 2. The molecule has 5 heterocycles. The van der Waals surface area contributed by atoms with Crippen LogP contribution in [0.1, 0.15) is 61.6 Å². The number of pyridine rings is 1. The van der Waals surface area contributed by atoms with Crippen LogP contribution in [0.25, 0.3) is 16.9 Å². The number of hydrogen-bond acceptors (Lipinski definition) is 9. The van der Waals surface area contributed by atoms with Crippen LogP contribution in [0.5, 0.6) is 0 Å². The Kier molecular flexibility index (Phi) is 8.22. The van der Waals surface area contributed by atoms with Gasteiger partial charge in [-0.05, 0) is 51.2 Å². The Balaban J connectivity index is 1.17. The summed E-state index contributed by atoms with van der Waals surface area (Å²) in [6.45, 7) is 3.11. The maximum absolute atomic E-state index is 13.6. The van der Waals surface area contributed by atoms with Crippen molar-refractivity contribution >= 4 is 28.6 Å². The summed E-state index contributed by atoms with van der Waals surface area (Å²) in [5.74, 6) is 0.980. The number of carbonyl (C=O) groups excluding carboxylic acids is 1. The summed E-state index contributed by atoms with van der Waals surface area (Å²) >= 11 is 0. The molecule has 3 N–H and O–H groups in total. The average molecular weight is 624 g/mol. The second kappa shape index (κ2) is 12.3. The Hall–Kier alpha value is -4.86. The van der Waals surface area contributed by atoms with Crippen LogP contribution >= 0.6 is 0 Å². The number of nitrogens with zero attached hydrogens (tertiary/aromatic N) is 8. The van der Waals surface area contributed by atoms with Crippen LogP contribution in [-0.2, 0) is 16.1 Å². The highest BCUT2D eigenvalue weighted by atomic mass is 19.3. The summed E-state index contributed by atoms with van der Waals surface area (Å²) in [5.41, 5.74) is 0.822. The Morgan fingerprint density at radius 3 is 2.60 bits per heavy atom. The molecule has 0 spiro atoms. The largest absolute Gasteiger partial charge is 0.368 e. The fraction of sp³-hybridized carbons (Fsp3) is 0.414. The van der Waals surface area contributed by atoms with Gasteiger partial charge in [-0.15, -0.1) is 0 Å². The lowest BCUT2D eigenvalue weighted by Crippen LogP contribution is -2.50. The zero-order chi connectivity index (χ0) is 31.7. The van der Waals surface area contributed by atoms with Gasteiger partial charge < -0.3 is 15.4 Å². The fourth-order valence-electron chi connectivity index (χ4n) is 5.61. The van der Waals surface area contributed by atoms with E-state index >= 15 is 0 Å². The summed E-state index contributed by atoms with van der Waals surface area (Å²) < 4.78 is 48.3. The molecule has 1 aliphatic rings. The second-order valence-electron chi connectivity index (χ2n) is 11.2. The highest BCUT2D eigenvalue weighted by Crippen LogP contribution is 2.40. The number of aromatic amines is 1. The molecular formula is C29H32F3N11O2. The molecule has 0 aromatic carbocycles. The number of methoxy groups -OCH3 is 1. The molecule has 0 unspecified atom stereocenters. The van der Waals surface area contributed by atoms with E-state index in [-0.39, 0.29) is 17.9 Å². The third-order valence-electron chi connectivity index (χ3n) is 8.14. The van der Waals surface area contributed by atoms with E-state index < -0.39 is 24.4 Å². The first kappa shape index (κ1) is 30.2. The van der Waals surface area contributed by atoms with Crippen LogP contribution in [-0.4, -0.2) is 69.8 Å². The van der Waals surface area contributed by atoms with Crippen LogP contribution in [0.4, 0.5) is 24.8 Å². The van der Waals surface area contributed by atoms with Gasteiger partial charge in [0.1, 0.15) is 23.8 Å². The molecule has 0 saturated heterocycles. The van der Waals surface area contributed by atoms with E-state index in [0.29, 0.717) is 60.0 Å². The van der Waals surface area contributed by atoms with Crippen molar-refractivity contribution in [1.29, 1.82) is 0 Å². The molecule has 5 aromatic heterocycles. The molecule has 0 bridgehead atoms. The lowest BCUT2D eigenvalue weighted by Gasteiger charge is -2.38. The number of carbonyl (C=O) groups is 1. The standard InChI is InChI=1S/C29H32F3N11O2/c1-16-10-23(41-40-16)37-26-21-13-35-43(15-22(31)32)27(21)39-25(38-26)18-6-8-29(45-3,9-7-18)28(44)36-17(2)19-4-5-24(33-11-19)42-14-20(30)12-34-42/h4-5,10-14,17-18,22H,6-9,15H2,1-3H3,(H,36,44)(H2,37,38,39,40,41)/t17-,18-,29+/m0/s1. The molecule has 13 nitrogen and oxygen atoms in total. The van der Waals surface area contributed by atoms with Crippen molar-refractivity contribution in [2.45, 2.75) is 70.1 Å². The lowest BCUT2D eigenvalue weighted by molar-refractivity contribution is -0.148. The van der Waals surface area contributed by atoms with Gasteiger partial charge in [-0.25, -0.2) is 37.5 Å². The molecule has 1 amide bonds. The van der Waals surface area contributed by atoms with Crippen LogP contribution in [0.15, 0.2) is 43.0 Å². The van der Waals surface area contributed by atoms with Crippen molar-refractivity contribution in [2.75, 3.05) is 12.4 Å². The van der Waals surface area contributed by atoms with E-state index in [4.69, 9.17) is 9.72 Å². The van der Waals surface area contributed by atoms with Crippen LogP contribution < -0.4 is 10.6 Å². The summed E-state index contributed by atoms with van der Waals surface area (Å²) in [6.07, 6.45) is 4.64. The van der Waals surface area contributed by atoms with Gasteiger partial charge in [0.2, 0.25) is 0 Å². The van der Waals surface area contributed by atoms with E-state index in [1.165, 1.54) is 28.9 Å². The number of rotatable bonds is 10. The van der Waals surface area contributed by atoms with Crippen molar-refractivity contribution in [3.05, 3.63) is 65.9 Å². The van der Waals surface area contributed by atoms with Gasteiger partial charge in [0.25, 0.3) is 12.3 Å². The predicted molar refractivity (Wildman–Crippen MR) is 157 cm³/mol. The number of amides is 1. The SMILES string of the molecule is CO[C@]1(C(=O)N[C@@H](C)c2ccc(-n3cc(F)cn3)nc2)CC[C@H](c2nc(Nc3cc(C)[nH]n3)c3cnn(CC(F)F)c3n2)CC1. The van der Waals surface area contributed by atoms with Crippen molar-refractivity contribution in [3.8, 4) is 5.82 Å². The van der Waals surface area contributed by atoms with Gasteiger partial charge in [0, 0.05) is 31.0 Å². The van der Waals surface area contributed by atoms with E-state index in [0.717, 1.165) is 17.5 Å². The number of anilines is 2. The van der Waals surface area contributed by atoms with Crippen molar-refractivity contribution < 1.29 is 22.7 Å². The van der Waals surface area contributed by atoms with Crippen molar-refractivity contribution in [2.24, 2.45) is 0 Å².